The highest BCUT2D eigenvalue weighted by Gasteiger charge is 2.04. The summed E-state index contributed by atoms with van der Waals surface area (Å²) in [6.07, 6.45) is 5.47. The molecule has 1 aromatic heterocycles. The average molecular weight is 257 g/mol. The monoisotopic (exact) mass is 257 g/mol. The fourth-order valence-electron chi connectivity index (χ4n) is 2.37. The van der Waals surface area contributed by atoms with Crippen molar-refractivity contribution < 1.29 is 0 Å². The van der Waals surface area contributed by atoms with Gasteiger partial charge in [-0.1, -0.05) is 24.6 Å². The van der Waals surface area contributed by atoms with E-state index in [9.17, 15) is 0 Å². The van der Waals surface area contributed by atoms with Gasteiger partial charge in [0.1, 0.15) is 0 Å². The van der Waals surface area contributed by atoms with E-state index in [1.165, 1.54) is 23.8 Å². The van der Waals surface area contributed by atoms with Crippen LogP contribution >= 0.6 is 0 Å². The third-order valence-electron chi connectivity index (χ3n) is 3.42. The van der Waals surface area contributed by atoms with E-state index in [0.717, 1.165) is 31.6 Å². The smallest absolute Gasteiger partial charge is 0.0705 e. The number of aromatic nitrogens is 1. The molecule has 0 spiro atoms. The maximum absolute atomic E-state index is 5.51. The number of hydrogen-bond donors (Lipinski definition) is 1. The molecule has 0 saturated heterocycles. The number of fused-ring (bicyclic) bond motifs is 1. The number of benzene rings is 1. The molecule has 0 fully saturated rings. The summed E-state index contributed by atoms with van der Waals surface area (Å²) < 4.78 is 0. The maximum Gasteiger partial charge on any atom is 0.0705 e. The topological polar surface area (TPSA) is 42.1 Å². The van der Waals surface area contributed by atoms with Crippen molar-refractivity contribution in [2.45, 2.75) is 25.8 Å². The van der Waals surface area contributed by atoms with Gasteiger partial charge < -0.3 is 10.6 Å². The Morgan fingerprint density at radius 2 is 1.95 bits per heavy atom. The molecule has 2 N–H and O–H groups in total. The summed E-state index contributed by atoms with van der Waals surface area (Å²) in [7, 11) is 2.18. The lowest BCUT2D eigenvalue weighted by molar-refractivity contribution is 0.318. The van der Waals surface area contributed by atoms with Crippen LogP contribution in [0, 0.1) is 0 Å². The Kier molecular flexibility index (Phi) is 5.31. The fourth-order valence-corrected chi connectivity index (χ4v) is 2.37. The van der Waals surface area contributed by atoms with Crippen LogP contribution in [0.4, 0.5) is 0 Å². The molecule has 1 heterocycles. The number of pyridine rings is 1. The second-order valence-corrected chi connectivity index (χ2v) is 5.07. The lowest BCUT2D eigenvalue weighted by atomic mass is 10.1. The number of nitrogens with two attached hydrogens (primary N) is 1. The van der Waals surface area contributed by atoms with Crippen LogP contribution in [0.15, 0.2) is 36.5 Å². The lowest BCUT2D eigenvalue weighted by Crippen LogP contribution is -2.19. The van der Waals surface area contributed by atoms with Gasteiger partial charge in [-0.3, -0.25) is 4.98 Å². The Morgan fingerprint density at radius 3 is 2.79 bits per heavy atom. The van der Waals surface area contributed by atoms with Crippen LogP contribution in [0.3, 0.4) is 0 Å². The molecular formula is C16H23N3. The molecule has 0 aliphatic rings. The van der Waals surface area contributed by atoms with E-state index in [0.29, 0.717) is 0 Å². The minimum absolute atomic E-state index is 0.804. The molecule has 19 heavy (non-hydrogen) atoms. The quantitative estimate of drug-likeness (QED) is 0.776. The second-order valence-electron chi connectivity index (χ2n) is 5.07. The van der Waals surface area contributed by atoms with E-state index in [4.69, 9.17) is 5.73 Å². The van der Waals surface area contributed by atoms with Gasteiger partial charge >= 0.3 is 0 Å². The zero-order valence-corrected chi connectivity index (χ0v) is 11.7. The average Bonchev–Trinajstić information content (AvgIpc) is 2.44. The van der Waals surface area contributed by atoms with Crippen molar-refractivity contribution in [3.05, 3.63) is 42.1 Å². The Balaban J connectivity index is 1.97. The van der Waals surface area contributed by atoms with Crippen molar-refractivity contribution in [3.8, 4) is 0 Å². The Hall–Kier alpha value is -1.45. The normalized spacial score (nSPS) is 11.3. The van der Waals surface area contributed by atoms with E-state index < -0.39 is 0 Å². The predicted molar refractivity (Wildman–Crippen MR) is 81.0 cm³/mol. The molecule has 3 nitrogen and oxygen atoms in total. The van der Waals surface area contributed by atoms with E-state index in [1.807, 2.05) is 12.3 Å². The Morgan fingerprint density at radius 1 is 1.11 bits per heavy atom. The van der Waals surface area contributed by atoms with Crippen molar-refractivity contribution in [2.24, 2.45) is 5.73 Å². The molecule has 3 heteroatoms. The molecule has 0 aliphatic carbocycles. The molecule has 1 aromatic carbocycles. The molecule has 0 unspecified atom stereocenters. The predicted octanol–water partition coefficient (Wildman–Crippen LogP) is 2.80. The third kappa shape index (κ3) is 4.01. The minimum Gasteiger partial charge on any atom is -0.330 e. The second kappa shape index (κ2) is 7.22. The van der Waals surface area contributed by atoms with Gasteiger partial charge in [0.2, 0.25) is 0 Å². The van der Waals surface area contributed by atoms with Crippen molar-refractivity contribution >= 4 is 10.9 Å². The zero-order valence-electron chi connectivity index (χ0n) is 11.7. The standard InChI is InChI=1S/C16H23N3/c1-19(12-6-2-5-10-17)13-14-9-11-18-16-8-4-3-7-15(14)16/h3-4,7-9,11H,2,5-6,10,12-13,17H2,1H3. The van der Waals surface area contributed by atoms with E-state index in [1.54, 1.807) is 0 Å². The third-order valence-corrected chi connectivity index (χ3v) is 3.42. The number of nitrogens with zero attached hydrogens (tertiary/aromatic N) is 2. The van der Waals surface area contributed by atoms with Crippen molar-refractivity contribution in [2.75, 3.05) is 20.1 Å². The van der Waals surface area contributed by atoms with E-state index >= 15 is 0 Å². The highest BCUT2D eigenvalue weighted by molar-refractivity contribution is 5.81. The summed E-state index contributed by atoms with van der Waals surface area (Å²) >= 11 is 0. The van der Waals surface area contributed by atoms with Gasteiger partial charge in [-0.15, -0.1) is 0 Å². The molecule has 0 bridgehead atoms. The molecular weight excluding hydrogens is 234 g/mol. The number of unbranched alkanes of at least 4 members (excludes halogenated alkanes) is 2. The largest absolute Gasteiger partial charge is 0.330 e. The molecule has 0 radical (unpaired) electrons. The molecule has 0 aliphatic heterocycles. The SMILES string of the molecule is CN(CCCCCN)Cc1ccnc2ccccc12. The van der Waals surface area contributed by atoms with Gasteiger partial charge in [-0.25, -0.2) is 0 Å². The molecule has 0 saturated carbocycles. The Labute approximate surface area is 115 Å². The first-order valence-electron chi connectivity index (χ1n) is 7.02. The van der Waals surface area contributed by atoms with Gasteiger partial charge in [0, 0.05) is 18.1 Å². The Bertz CT molecular complexity index is 505. The molecule has 2 aromatic rings. The van der Waals surface area contributed by atoms with E-state index in [2.05, 4.69) is 41.2 Å². The van der Waals surface area contributed by atoms with Crippen molar-refractivity contribution in [1.82, 2.24) is 9.88 Å². The molecule has 2 rings (SSSR count). The molecule has 0 amide bonds. The first kappa shape index (κ1) is 14.0. The van der Waals surface area contributed by atoms with Crippen molar-refractivity contribution in [3.63, 3.8) is 0 Å². The number of para-hydroxylation sites is 1. The summed E-state index contributed by atoms with van der Waals surface area (Å²) in [5, 5.41) is 1.26. The highest BCUT2D eigenvalue weighted by Crippen LogP contribution is 2.17. The van der Waals surface area contributed by atoms with Gasteiger partial charge in [0.15, 0.2) is 0 Å². The van der Waals surface area contributed by atoms with E-state index in [-0.39, 0.29) is 0 Å². The minimum atomic E-state index is 0.804. The fraction of sp³-hybridized carbons (Fsp3) is 0.438. The number of hydrogen-bond acceptors (Lipinski definition) is 3. The zero-order chi connectivity index (χ0) is 13.5. The molecule has 0 atom stereocenters. The van der Waals surface area contributed by atoms with Crippen LogP contribution in [-0.4, -0.2) is 30.0 Å². The highest BCUT2D eigenvalue weighted by atomic mass is 15.1. The molecule has 102 valence electrons. The summed E-state index contributed by atoms with van der Waals surface area (Å²) in [5.74, 6) is 0. The first-order valence-corrected chi connectivity index (χ1v) is 7.02. The van der Waals surface area contributed by atoms with Crippen LogP contribution < -0.4 is 5.73 Å². The van der Waals surface area contributed by atoms with Gasteiger partial charge in [-0.2, -0.15) is 0 Å². The van der Waals surface area contributed by atoms with Crippen LogP contribution in [0.25, 0.3) is 10.9 Å². The van der Waals surface area contributed by atoms with Crippen molar-refractivity contribution in [1.29, 1.82) is 0 Å². The van der Waals surface area contributed by atoms with Crippen LogP contribution in [0.1, 0.15) is 24.8 Å². The maximum atomic E-state index is 5.51. The van der Waals surface area contributed by atoms with Crippen LogP contribution in [0.5, 0.6) is 0 Å². The summed E-state index contributed by atoms with van der Waals surface area (Å²) in [4.78, 5) is 6.78. The number of rotatable bonds is 7. The summed E-state index contributed by atoms with van der Waals surface area (Å²) in [6.45, 7) is 2.90. The summed E-state index contributed by atoms with van der Waals surface area (Å²) in [6, 6.07) is 10.5. The van der Waals surface area contributed by atoms with Gasteiger partial charge in [-0.05, 0) is 50.7 Å². The lowest BCUT2D eigenvalue weighted by Gasteiger charge is -2.17. The van der Waals surface area contributed by atoms with Gasteiger partial charge in [0.05, 0.1) is 5.52 Å². The summed E-state index contributed by atoms with van der Waals surface area (Å²) in [5.41, 5.74) is 7.94. The van der Waals surface area contributed by atoms with Gasteiger partial charge in [0.25, 0.3) is 0 Å². The van der Waals surface area contributed by atoms with Crippen LogP contribution in [-0.2, 0) is 6.54 Å². The van der Waals surface area contributed by atoms with Crippen LogP contribution in [0.2, 0.25) is 0 Å². The first-order chi connectivity index (χ1) is 9.31.